The van der Waals surface area contributed by atoms with E-state index in [-0.39, 0.29) is 11.1 Å². The van der Waals surface area contributed by atoms with Crippen LogP contribution in [0, 0.1) is 0 Å². The number of nitrogens with zero attached hydrogens (tertiary/aromatic N) is 4. The van der Waals surface area contributed by atoms with E-state index in [4.69, 9.17) is 11.6 Å². The van der Waals surface area contributed by atoms with E-state index in [9.17, 15) is 4.79 Å². The number of benzene rings is 2. The smallest absolute Gasteiger partial charge is 0.282 e. The van der Waals surface area contributed by atoms with E-state index in [1.165, 1.54) is 18.0 Å². The number of aromatic amines is 1. The number of fused-ring (bicyclic) bond motifs is 2. The first-order chi connectivity index (χ1) is 15.2. The van der Waals surface area contributed by atoms with Crippen molar-refractivity contribution in [3.05, 3.63) is 93.6 Å². The second-order valence-corrected chi connectivity index (χ2v) is 8.42. The van der Waals surface area contributed by atoms with Gasteiger partial charge >= 0.3 is 0 Å². The molecule has 5 rings (SSSR count). The molecule has 31 heavy (non-hydrogen) atoms. The lowest BCUT2D eigenvalue weighted by molar-refractivity contribution is 0.594. The molecule has 1 N–H and O–H groups in total. The number of nitrogens with one attached hydrogen (secondary N) is 1. The number of halogens is 1. The van der Waals surface area contributed by atoms with Crippen LogP contribution in [-0.4, -0.2) is 24.5 Å². The third-order valence-corrected chi connectivity index (χ3v) is 6.55. The molecule has 0 saturated heterocycles. The van der Waals surface area contributed by atoms with Gasteiger partial charge < -0.3 is 4.98 Å². The summed E-state index contributed by atoms with van der Waals surface area (Å²) in [4.78, 5) is 29.6. The molecule has 154 valence electrons. The van der Waals surface area contributed by atoms with Gasteiger partial charge in [0.1, 0.15) is 0 Å². The van der Waals surface area contributed by atoms with Crippen LogP contribution in [0.1, 0.15) is 11.1 Å². The van der Waals surface area contributed by atoms with Crippen LogP contribution in [-0.2, 0) is 18.7 Å². The van der Waals surface area contributed by atoms with E-state index >= 15 is 0 Å². The first-order valence-electron chi connectivity index (χ1n) is 9.83. The summed E-state index contributed by atoms with van der Waals surface area (Å²) in [5, 5.41) is 2.47. The topological polar surface area (TPSA) is 76.5 Å². The van der Waals surface area contributed by atoms with Gasteiger partial charge in [-0.1, -0.05) is 59.8 Å². The SMILES string of the molecule is O=c1c2nccnc2nc(SCc2ccccc2Cl)n1CCc1c[nH]c2ccccc12. The third-order valence-electron chi connectivity index (χ3n) is 5.15. The minimum Gasteiger partial charge on any atom is -0.361 e. The van der Waals surface area contributed by atoms with Crippen molar-refractivity contribution in [2.45, 2.75) is 23.9 Å². The molecule has 2 aromatic carbocycles. The molecule has 0 radical (unpaired) electrons. The number of aryl methyl sites for hydroxylation is 1. The summed E-state index contributed by atoms with van der Waals surface area (Å²) >= 11 is 7.79. The summed E-state index contributed by atoms with van der Waals surface area (Å²) in [6.07, 6.45) is 5.76. The molecule has 8 heteroatoms. The maximum atomic E-state index is 13.2. The van der Waals surface area contributed by atoms with Gasteiger partial charge in [-0.05, 0) is 29.7 Å². The van der Waals surface area contributed by atoms with Crippen LogP contribution in [0.2, 0.25) is 5.02 Å². The van der Waals surface area contributed by atoms with Crippen molar-refractivity contribution in [3.8, 4) is 0 Å². The van der Waals surface area contributed by atoms with E-state index in [0.717, 1.165) is 22.0 Å². The van der Waals surface area contributed by atoms with E-state index in [1.54, 1.807) is 10.8 Å². The number of hydrogen-bond acceptors (Lipinski definition) is 5. The third kappa shape index (κ3) is 3.94. The monoisotopic (exact) mass is 447 g/mol. The molecular formula is C23H18ClN5OS. The summed E-state index contributed by atoms with van der Waals surface area (Å²) in [5.74, 6) is 0.602. The first kappa shape index (κ1) is 19.8. The zero-order chi connectivity index (χ0) is 21.2. The number of para-hydroxylation sites is 1. The fourth-order valence-electron chi connectivity index (χ4n) is 3.56. The van der Waals surface area contributed by atoms with Gasteiger partial charge in [0.05, 0.1) is 0 Å². The van der Waals surface area contributed by atoms with Gasteiger partial charge in [-0.15, -0.1) is 0 Å². The molecule has 0 atom stereocenters. The van der Waals surface area contributed by atoms with Crippen molar-refractivity contribution in [1.82, 2.24) is 24.5 Å². The molecule has 3 aromatic heterocycles. The van der Waals surface area contributed by atoms with Gasteiger partial charge in [-0.25, -0.2) is 15.0 Å². The van der Waals surface area contributed by atoms with E-state index in [2.05, 4.69) is 26.0 Å². The van der Waals surface area contributed by atoms with Crippen LogP contribution < -0.4 is 5.56 Å². The summed E-state index contributed by atoms with van der Waals surface area (Å²) < 4.78 is 1.69. The van der Waals surface area contributed by atoms with Crippen molar-refractivity contribution < 1.29 is 0 Å². The molecule has 0 aliphatic heterocycles. The van der Waals surface area contributed by atoms with Gasteiger partial charge in [0.25, 0.3) is 5.56 Å². The van der Waals surface area contributed by atoms with Crippen molar-refractivity contribution in [2.75, 3.05) is 0 Å². The molecule has 0 aliphatic rings. The Morgan fingerprint density at radius 2 is 1.81 bits per heavy atom. The molecule has 0 spiro atoms. The Balaban J connectivity index is 1.50. The quantitative estimate of drug-likeness (QED) is 0.297. The Morgan fingerprint density at radius 3 is 2.71 bits per heavy atom. The highest BCUT2D eigenvalue weighted by Crippen LogP contribution is 2.26. The maximum Gasteiger partial charge on any atom is 0.282 e. The van der Waals surface area contributed by atoms with Gasteiger partial charge in [0.15, 0.2) is 16.3 Å². The normalized spacial score (nSPS) is 11.4. The molecule has 0 bridgehead atoms. The van der Waals surface area contributed by atoms with Crippen molar-refractivity contribution >= 4 is 45.4 Å². The van der Waals surface area contributed by atoms with Gasteiger partial charge in [0.2, 0.25) is 0 Å². The number of aromatic nitrogens is 5. The molecule has 5 aromatic rings. The lowest BCUT2D eigenvalue weighted by atomic mass is 10.1. The van der Waals surface area contributed by atoms with Gasteiger partial charge in [-0.2, -0.15) is 0 Å². The summed E-state index contributed by atoms with van der Waals surface area (Å²) in [5.41, 5.74) is 3.69. The molecule has 0 amide bonds. The standard InChI is InChI=1S/C23H18ClN5OS/c24-18-7-3-1-5-16(18)14-31-23-28-21-20(25-10-11-26-21)22(30)29(23)12-9-15-13-27-19-8-4-2-6-17(15)19/h1-8,10-11,13,27H,9,12,14H2. The summed E-state index contributed by atoms with van der Waals surface area (Å²) in [7, 11) is 0. The second kappa shape index (κ2) is 8.53. The van der Waals surface area contributed by atoms with Crippen LogP contribution >= 0.6 is 23.4 Å². The molecule has 0 aliphatic carbocycles. The molecule has 0 fully saturated rings. The fourth-order valence-corrected chi connectivity index (χ4v) is 4.86. The Bertz CT molecular complexity index is 1450. The van der Waals surface area contributed by atoms with Crippen LogP contribution in [0.5, 0.6) is 0 Å². The average Bonchev–Trinajstić information content (AvgIpc) is 3.21. The lowest BCUT2D eigenvalue weighted by Gasteiger charge is -2.12. The van der Waals surface area contributed by atoms with Gasteiger partial charge in [-0.3, -0.25) is 9.36 Å². The highest BCUT2D eigenvalue weighted by Gasteiger charge is 2.15. The Morgan fingerprint density at radius 1 is 1.00 bits per heavy atom. The summed E-state index contributed by atoms with van der Waals surface area (Å²) in [6, 6.07) is 15.8. The lowest BCUT2D eigenvalue weighted by Crippen LogP contribution is -2.25. The first-order valence-corrected chi connectivity index (χ1v) is 11.2. The molecule has 0 saturated carbocycles. The van der Waals surface area contributed by atoms with Crippen molar-refractivity contribution in [2.24, 2.45) is 0 Å². The van der Waals surface area contributed by atoms with Crippen LogP contribution in [0.3, 0.4) is 0 Å². The largest absolute Gasteiger partial charge is 0.361 e. The minimum atomic E-state index is -0.181. The Hall–Kier alpha value is -3.16. The Labute approximate surface area is 187 Å². The van der Waals surface area contributed by atoms with E-state index < -0.39 is 0 Å². The number of thioether (sulfide) groups is 1. The average molecular weight is 448 g/mol. The van der Waals surface area contributed by atoms with Crippen LogP contribution in [0.25, 0.3) is 22.1 Å². The zero-order valence-corrected chi connectivity index (χ0v) is 18.0. The van der Waals surface area contributed by atoms with Crippen LogP contribution in [0.4, 0.5) is 0 Å². The molecule has 6 nitrogen and oxygen atoms in total. The van der Waals surface area contributed by atoms with E-state index in [0.29, 0.717) is 34.5 Å². The molecule has 0 unspecified atom stereocenters. The van der Waals surface area contributed by atoms with Crippen LogP contribution in [0.15, 0.2) is 77.1 Å². The van der Waals surface area contributed by atoms with E-state index in [1.807, 2.05) is 48.7 Å². The number of hydrogen-bond donors (Lipinski definition) is 1. The summed E-state index contributed by atoms with van der Waals surface area (Å²) in [6.45, 7) is 0.491. The minimum absolute atomic E-state index is 0.181. The van der Waals surface area contributed by atoms with Crippen molar-refractivity contribution in [3.63, 3.8) is 0 Å². The predicted molar refractivity (Wildman–Crippen MR) is 125 cm³/mol. The van der Waals surface area contributed by atoms with Crippen molar-refractivity contribution in [1.29, 1.82) is 0 Å². The Kier molecular flexibility index (Phi) is 5.44. The molecular weight excluding hydrogens is 430 g/mol. The number of H-pyrrole nitrogens is 1. The number of rotatable bonds is 6. The fraction of sp³-hybridized carbons (Fsp3) is 0.130. The van der Waals surface area contributed by atoms with Gasteiger partial charge in [0, 0.05) is 46.8 Å². The zero-order valence-electron chi connectivity index (χ0n) is 16.5. The molecule has 3 heterocycles. The second-order valence-electron chi connectivity index (χ2n) is 7.07. The maximum absolute atomic E-state index is 13.2. The predicted octanol–water partition coefficient (Wildman–Crippen LogP) is 4.86. The highest BCUT2D eigenvalue weighted by atomic mass is 35.5. The highest BCUT2D eigenvalue weighted by molar-refractivity contribution is 7.98.